The van der Waals surface area contributed by atoms with Gasteiger partial charge in [-0.3, -0.25) is 4.79 Å². The van der Waals surface area contributed by atoms with Gasteiger partial charge in [0, 0.05) is 13.0 Å². The molecule has 1 aliphatic carbocycles. The van der Waals surface area contributed by atoms with Crippen molar-refractivity contribution in [1.29, 1.82) is 0 Å². The Morgan fingerprint density at radius 3 is 2.47 bits per heavy atom. The van der Waals surface area contributed by atoms with Crippen LogP contribution in [0.15, 0.2) is 0 Å². The molecular formula is C13H21NO. The van der Waals surface area contributed by atoms with Crippen LogP contribution in [0.5, 0.6) is 0 Å². The van der Waals surface area contributed by atoms with Crippen LogP contribution in [0.3, 0.4) is 0 Å². The Balaban J connectivity index is 2.47. The third kappa shape index (κ3) is 3.27. The molecule has 0 N–H and O–H groups in total. The highest BCUT2D eigenvalue weighted by molar-refractivity contribution is 5.78. The number of hydrogen-bond donors (Lipinski definition) is 0. The molecule has 0 bridgehead atoms. The van der Waals surface area contributed by atoms with E-state index in [1.807, 2.05) is 0 Å². The van der Waals surface area contributed by atoms with E-state index in [4.69, 9.17) is 6.42 Å². The molecule has 0 atom stereocenters. The van der Waals surface area contributed by atoms with Gasteiger partial charge in [-0.25, -0.2) is 0 Å². The van der Waals surface area contributed by atoms with Gasteiger partial charge in [0.1, 0.15) is 0 Å². The van der Waals surface area contributed by atoms with Crippen LogP contribution < -0.4 is 0 Å². The lowest BCUT2D eigenvalue weighted by molar-refractivity contribution is -0.135. The second-order valence-electron chi connectivity index (χ2n) is 5.34. The molecule has 1 aliphatic rings. The summed E-state index contributed by atoms with van der Waals surface area (Å²) in [7, 11) is 1.79. The Hall–Kier alpha value is -0.970. The van der Waals surface area contributed by atoms with Crippen LogP contribution in [0, 0.1) is 23.7 Å². The SMILES string of the molecule is C#CCN(C)C(=O)C1CCC(C)(C)CC1. The minimum atomic E-state index is 0.205. The Morgan fingerprint density at radius 2 is 2.00 bits per heavy atom. The normalized spacial score (nSPS) is 20.7. The highest BCUT2D eigenvalue weighted by Gasteiger charge is 2.31. The van der Waals surface area contributed by atoms with Gasteiger partial charge >= 0.3 is 0 Å². The molecule has 0 aromatic heterocycles. The van der Waals surface area contributed by atoms with E-state index in [1.54, 1.807) is 11.9 Å². The Labute approximate surface area is 93.0 Å². The van der Waals surface area contributed by atoms with E-state index in [9.17, 15) is 4.79 Å². The predicted octanol–water partition coefficient (Wildman–Crippen LogP) is 2.29. The van der Waals surface area contributed by atoms with Crippen molar-refractivity contribution in [2.24, 2.45) is 11.3 Å². The van der Waals surface area contributed by atoms with E-state index in [0.29, 0.717) is 12.0 Å². The molecule has 0 unspecified atom stereocenters. The van der Waals surface area contributed by atoms with E-state index in [1.165, 1.54) is 0 Å². The second-order valence-corrected chi connectivity index (χ2v) is 5.34. The zero-order valence-electron chi connectivity index (χ0n) is 10.0. The van der Waals surface area contributed by atoms with E-state index < -0.39 is 0 Å². The molecule has 15 heavy (non-hydrogen) atoms. The molecule has 1 saturated carbocycles. The number of nitrogens with zero attached hydrogens (tertiary/aromatic N) is 1. The molecular weight excluding hydrogens is 186 g/mol. The highest BCUT2D eigenvalue weighted by atomic mass is 16.2. The van der Waals surface area contributed by atoms with Crippen LogP contribution in [0.1, 0.15) is 39.5 Å². The van der Waals surface area contributed by atoms with Crippen molar-refractivity contribution in [1.82, 2.24) is 4.90 Å². The summed E-state index contributed by atoms with van der Waals surface area (Å²) in [5.41, 5.74) is 0.418. The lowest BCUT2D eigenvalue weighted by Gasteiger charge is -2.34. The lowest BCUT2D eigenvalue weighted by atomic mass is 9.73. The smallest absolute Gasteiger partial charge is 0.226 e. The van der Waals surface area contributed by atoms with Crippen molar-refractivity contribution in [3.8, 4) is 12.3 Å². The second kappa shape index (κ2) is 4.70. The Bertz CT molecular complexity index is 265. The van der Waals surface area contributed by atoms with Gasteiger partial charge in [0.25, 0.3) is 0 Å². The maximum absolute atomic E-state index is 11.9. The van der Waals surface area contributed by atoms with Crippen LogP contribution in [-0.2, 0) is 4.79 Å². The summed E-state index contributed by atoms with van der Waals surface area (Å²) in [5, 5.41) is 0. The minimum Gasteiger partial charge on any atom is -0.334 e. The molecule has 1 rings (SSSR count). The summed E-state index contributed by atoms with van der Waals surface area (Å²) < 4.78 is 0. The summed E-state index contributed by atoms with van der Waals surface area (Å²) in [6.45, 7) is 4.98. The topological polar surface area (TPSA) is 20.3 Å². The fraction of sp³-hybridized carbons (Fsp3) is 0.769. The van der Waals surface area contributed by atoms with Crippen molar-refractivity contribution < 1.29 is 4.79 Å². The molecule has 0 aromatic carbocycles. The average Bonchev–Trinajstić information content (AvgIpc) is 2.17. The zero-order valence-corrected chi connectivity index (χ0v) is 10.0. The number of rotatable bonds is 2. The first-order chi connectivity index (χ1) is 6.96. The molecule has 2 heteroatoms. The molecule has 0 radical (unpaired) electrons. The fourth-order valence-electron chi connectivity index (χ4n) is 2.17. The first-order valence-electron chi connectivity index (χ1n) is 5.65. The van der Waals surface area contributed by atoms with Gasteiger partial charge < -0.3 is 4.90 Å². The summed E-state index contributed by atoms with van der Waals surface area (Å²) in [4.78, 5) is 13.6. The Kier molecular flexibility index (Phi) is 3.79. The molecule has 1 fully saturated rings. The first kappa shape index (κ1) is 12.1. The average molecular weight is 207 g/mol. The molecule has 2 nitrogen and oxygen atoms in total. The van der Waals surface area contributed by atoms with E-state index in [-0.39, 0.29) is 11.8 Å². The van der Waals surface area contributed by atoms with Crippen molar-refractivity contribution in [2.45, 2.75) is 39.5 Å². The van der Waals surface area contributed by atoms with Gasteiger partial charge in [0.05, 0.1) is 6.54 Å². The number of carbonyl (C=O) groups is 1. The van der Waals surface area contributed by atoms with E-state index in [2.05, 4.69) is 19.8 Å². The van der Waals surface area contributed by atoms with Crippen LogP contribution in [0.4, 0.5) is 0 Å². The maximum Gasteiger partial charge on any atom is 0.226 e. The van der Waals surface area contributed by atoms with Crippen LogP contribution >= 0.6 is 0 Å². The van der Waals surface area contributed by atoms with Crippen molar-refractivity contribution in [3.05, 3.63) is 0 Å². The number of hydrogen-bond acceptors (Lipinski definition) is 1. The summed E-state index contributed by atoms with van der Waals surface area (Å²) in [6.07, 6.45) is 9.52. The standard InChI is InChI=1S/C13H21NO/c1-5-10-14(4)12(15)11-6-8-13(2,3)9-7-11/h1,11H,6-10H2,2-4H3. The summed E-state index contributed by atoms with van der Waals surface area (Å²) >= 11 is 0. The van der Waals surface area contributed by atoms with Gasteiger partial charge in [0.2, 0.25) is 5.91 Å². The van der Waals surface area contributed by atoms with Crippen LogP contribution in [0.25, 0.3) is 0 Å². The minimum absolute atomic E-state index is 0.205. The molecule has 0 aromatic rings. The van der Waals surface area contributed by atoms with Gasteiger partial charge in [-0.15, -0.1) is 6.42 Å². The third-order valence-electron chi connectivity index (χ3n) is 3.39. The summed E-state index contributed by atoms with van der Waals surface area (Å²) in [5.74, 6) is 2.94. The first-order valence-corrected chi connectivity index (χ1v) is 5.65. The van der Waals surface area contributed by atoms with Crippen molar-refractivity contribution >= 4 is 5.91 Å². The third-order valence-corrected chi connectivity index (χ3v) is 3.39. The molecule has 0 saturated heterocycles. The fourth-order valence-corrected chi connectivity index (χ4v) is 2.17. The molecule has 0 spiro atoms. The number of carbonyl (C=O) groups excluding carboxylic acids is 1. The number of terminal acetylenes is 1. The van der Waals surface area contributed by atoms with Crippen LogP contribution in [-0.4, -0.2) is 24.4 Å². The zero-order chi connectivity index (χ0) is 11.5. The van der Waals surface area contributed by atoms with Gasteiger partial charge in [0.15, 0.2) is 0 Å². The summed E-state index contributed by atoms with van der Waals surface area (Å²) in [6, 6.07) is 0. The van der Waals surface area contributed by atoms with Crippen molar-refractivity contribution in [3.63, 3.8) is 0 Å². The Morgan fingerprint density at radius 1 is 1.47 bits per heavy atom. The van der Waals surface area contributed by atoms with Gasteiger partial charge in [-0.05, 0) is 31.1 Å². The maximum atomic E-state index is 11.9. The molecule has 1 amide bonds. The monoisotopic (exact) mass is 207 g/mol. The molecule has 0 heterocycles. The highest BCUT2D eigenvalue weighted by Crippen LogP contribution is 2.38. The molecule has 84 valence electrons. The number of amides is 1. The molecule has 0 aliphatic heterocycles. The van der Waals surface area contributed by atoms with E-state index in [0.717, 1.165) is 25.7 Å². The van der Waals surface area contributed by atoms with Gasteiger partial charge in [-0.1, -0.05) is 19.8 Å². The van der Waals surface area contributed by atoms with Crippen LogP contribution in [0.2, 0.25) is 0 Å². The van der Waals surface area contributed by atoms with Crippen molar-refractivity contribution in [2.75, 3.05) is 13.6 Å². The van der Waals surface area contributed by atoms with Gasteiger partial charge in [-0.2, -0.15) is 0 Å². The predicted molar refractivity (Wildman–Crippen MR) is 62.2 cm³/mol. The lowest BCUT2D eigenvalue weighted by Crippen LogP contribution is -2.36. The quantitative estimate of drug-likeness (QED) is 0.636. The van der Waals surface area contributed by atoms with E-state index >= 15 is 0 Å². The largest absolute Gasteiger partial charge is 0.334 e.